The monoisotopic (exact) mass is 392 g/mol. The van der Waals surface area contributed by atoms with E-state index in [-0.39, 0.29) is 17.7 Å². The molecule has 0 spiro atoms. The number of ether oxygens (including phenoxy) is 1. The quantitative estimate of drug-likeness (QED) is 0.765. The maximum atomic E-state index is 12.9. The predicted molar refractivity (Wildman–Crippen MR) is 110 cm³/mol. The summed E-state index contributed by atoms with van der Waals surface area (Å²) in [4.78, 5) is 38.7. The number of hydrogen-bond donors (Lipinski definition) is 1. The highest BCUT2D eigenvalue weighted by Gasteiger charge is 2.29. The summed E-state index contributed by atoms with van der Waals surface area (Å²) in [7, 11) is 0. The van der Waals surface area contributed by atoms with Crippen molar-refractivity contribution in [1.82, 2.24) is 10.2 Å². The number of carbonyl (C=O) groups is 3. The number of benzene rings is 2. The average Bonchev–Trinajstić information content (AvgIpc) is 3.14. The molecule has 150 valence electrons. The lowest BCUT2D eigenvalue weighted by molar-refractivity contribution is -0.139. The zero-order valence-corrected chi connectivity index (χ0v) is 16.6. The molecular formula is C23H24N2O4. The molecule has 2 aromatic carbocycles. The van der Waals surface area contributed by atoms with Crippen LogP contribution in [0.1, 0.15) is 42.6 Å². The summed E-state index contributed by atoms with van der Waals surface area (Å²) >= 11 is 0. The van der Waals surface area contributed by atoms with Crippen molar-refractivity contribution in [2.45, 2.75) is 32.8 Å². The second kappa shape index (κ2) is 9.19. The molecule has 3 rings (SSSR count). The third-order valence-corrected chi connectivity index (χ3v) is 4.40. The van der Waals surface area contributed by atoms with Gasteiger partial charge >= 0.3 is 0 Å². The molecule has 3 amide bonds. The summed E-state index contributed by atoms with van der Waals surface area (Å²) in [6.45, 7) is 4.24. The topological polar surface area (TPSA) is 75.7 Å². The predicted octanol–water partition coefficient (Wildman–Crippen LogP) is 3.39. The molecule has 1 heterocycles. The largest absolute Gasteiger partial charge is 0.491 e. The summed E-state index contributed by atoms with van der Waals surface area (Å²) in [5, 5.41) is 2.67. The van der Waals surface area contributed by atoms with Crippen LogP contribution in [-0.2, 0) is 9.59 Å². The minimum absolute atomic E-state index is 0.0554. The number of likely N-dealkylation sites (tertiary alicyclic amines) is 1. The van der Waals surface area contributed by atoms with Crippen molar-refractivity contribution >= 4 is 23.8 Å². The molecule has 2 aromatic rings. The van der Waals surface area contributed by atoms with Gasteiger partial charge < -0.3 is 10.1 Å². The first-order valence-corrected chi connectivity index (χ1v) is 9.63. The Kier molecular flexibility index (Phi) is 6.44. The van der Waals surface area contributed by atoms with Gasteiger partial charge in [0.05, 0.1) is 6.10 Å². The average molecular weight is 392 g/mol. The fraction of sp³-hybridized carbons (Fsp3) is 0.261. The van der Waals surface area contributed by atoms with Gasteiger partial charge in [-0.1, -0.05) is 30.3 Å². The molecule has 1 fully saturated rings. The highest BCUT2D eigenvalue weighted by molar-refractivity contribution is 6.10. The van der Waals surface area contributed by atoms with Crippen molar-refractivity contribution < 1.29 is 19.1 Å². The van der Waals surface area contributed by atoms with Crippen molar-refractivity contribution in [3.05, 3.63) is 71.4 Å². The summed E-state index contributed by atoms with van der Waals surface area (Å²) < 4.78 is 5.63. The van der Waals surface area contributed by atoms with Crippen LogP contribution in [0.15, 0.2) is 60.3 Å². The maximum Gasteiger partial charge on any atom is 0.276 e. The van der Waals surface area contributed by atoms with Crippen LogP contribution < -0.4 is 10.1 Å². The Morgan fingerprint density at radius 2 is 1.76 bits per heavy atom. The second-order valence-corrected chi connectivity index (χ2v) is 7.07. The number of carbonyl (C=O) groups excluding carboxylic acids is 3. The van der Waals surface area contributed by atoms with Crippen LogP contribution in [0.25, 0.3) is 6.08 Å². The van der Waals surface area contributed by atoms with Gasteiger partial charge in [-0.2, -0.15) is 0 Å². The smallest absolute Gasteiger partial charge is 0.276 e. The summed E-state index contributed by atoms with van der Waals surface area (Å²) in [6.07, 6.45) is 2.60. The summed E-state index contributed by atoms with van der Waals surface area (Å²) in [5.41, 5.74) is 1.20. The lowest BCUT2D eigenvalue weighted by Gasteiger charge is -2.17. The first-order chi connectivity index (χ1) is 13.9. The van der Waals surface area contributed by atoms with Crippen molar-refractivity contribution in [2.75, 3.05) is 6.54 Å². The Labute approximate surface area is 170 Å². The normalized spacial score (nSPS) is 14.2. The number of amides is 3. The van der Waals surface area contributed by atoms with Crippen molar-refractivity contribution in [2.24, 2.45) is 0 Å². The minimum Gasteiger partial charge on any atom is -0.491 e. The zero-order chi connectivity index (χ0) is 20.8. The molecule has 29 heavy (non-hydrogen) atoms. The molecular weight excluding hydrogens is 368 g/mol. The number of hydrogen-bond acceptors (Lipinski definition) is 4. The van der Waals surface area contributed by atoms with Gasteiger partial charge in [-0.3, -0.25) is 19.3 Å². The first kappa shape index (κ1) is 20.3. The molecule has 6 heteroatoms. The van der Waals surface area contributed by atoms with Crippen molar-refractivity contribution in [1.29, 1.82) is 0 Å². The minimum atomic E-state index is -0.501. The van der Waals surface area contributed by atoms with Crippen molar-refractivity contribution in [3.8, 4) is 5.75 Å². The van der Waals surface area contributed by atoms with Gasteiger partial charge in [0.1, 0.15) is 11.4 Å². The molecule has 6 nitrogen and oxygen atoms in total. The molecule has 0 unspecified atom stereocenters. The SMILES string of the molecule is CC(C)Oc1ccc(/C=C(\NC(=O)c2ccccc2)C(=O)N2CCCC2=O)cc1. The molecule has 0 radical (unpaired) electrons. The third-order valence-electron chi connectivity index (χ3n) is 4.40. The van der Waals surface area contributed by atoms with E-state index in [4.69, 9.17) is 4.74 Å². The van der Waals surface area contributed by atoms with Gasteiger partial charge in [0.25, 0.3) is 11.8 Å². The highest BCUT2D eigenvalue weighted by atomic mass is 16.5. The Bertz CT molecular complexity index is 918. The van der Waals surface area contributed by atoms with Crippen LogP contribution in [0.5, 0.6) is 5.75 Å². The standard InChI is InChI=1S/C23H24N2O4/c1-16(2)29-19-12-10-17(11-13-19)15-20(23(28)25-14-6-9-21(25)26)24-22(27)18-7-4-3-5-8-18/h3-5,7-8,10-13,15-16H,6,9,14H2,1-2H3,(H,24,27)/b20-15-. The fourth-order valence-corrected chi connectivity index (χ4v) is 3.03. The molecule has 0 saturated carbocycles. The molecule has 0 bridgehead atoms. The number of rotatable bonds is 6. The van der Waals surface area contributed by atoms with E-state index in [9.17, 15) is 14.4 Å². The number of nitrogens with zero attached hydrogens (tertiary/aromatic N) is 1. The van der Waals surface area contributed by atoms with E-state index >= 15 is 0 Å². The Morgan fingerprint density at radius 3 is 2.34 bits per heavy atom. The first-order valence-electron chi connectivity index (χ1n) is 9.63. The van der Waals surface area contributed by atoms with E-state index < -0.39 is 11.8 Å². The molecule has 1 N–H and O–H groups in total. The van der Waals surface area contributed by atoms with Crippen LogP contribution >= 0.6 is 0 Å². The third kappa shape index (κ3) is 5.31. The van der Waals surface area contributed by atoms with E-state index in [0.29, 0.717) is 36.3 Å². The zero-order valence-electron chi connectivity index (χ0n) is 16.6. The summed E-state index contributed by atoms with van der Waals surface area (Å²) in [5.74, 6) is -0.417. The van der Waals surface area contributed by atoms with Gasteiger partial charge in [-0.25, -0.2) is 0 Å². The van der Waals surface area contributed by atoms with Crippen LogP contribution in [-0.4, -0.2) is 35.3 Å². The van der Waals surface area contributed by atoms with E-state index in [1.54, 1.807) is 54.6 Å². The lowest BCUT2D eigenvalue weighted by Crippen LogP contribution is -2.39. The Morgan fingerprint density at radius 1 is 1.07 bits per heavy atom. The molecule has 1 aliphatic heterocycles. The van der Waals surface area contributed by atoms with Crippen LogP contribution in [0.3, 0.4) is 0 Å². The van der Waals surface area contributed by atoms with Gasteiger partial charge in [-0.15, -0.1) is 0 Å². The molecule has 1 aliphatic rings. The van der Waals surface area contributed by atoms with E-state index in [1.807, 2.05) is 19.9 Å². The molecule has 1 saturated heterocycles. The lowest BCUT2D eigenvalue weighted by atomic mass is 10.1. The van der Waals surface area contributed by atoms with Crippen molar-refractivity contribution in [3.63, 3.8) is 0 Å². The fourth-order valence-electron chi connectivity index (χ4n) is 3.03. The van der Waals surface area contributed by atoms with E-state index in [1.165, 1.54) is 4.90 Å². The Hall–Kier alpha value is -3.41. The number of imide groups is 1. The molecule has 0 aliphatic carbocycles. The van der Waals surface area contributed by atoms with Crippen LogP contribution in [0.2, 0.25) is 0 Å². The van der Waals surface area contributed by atoms with Gasteiger partial charge in [0.15, 0.2) is 0 Å². The van der Waals surface area contributed by atoms with E-state index in [0.717, 1.165) is 0 Å². The second-order valence-electron chi connectivity index (χ2n) is 7.07. The van der Waals surface area contributed by atoms with Gasteiger partial charge in [0.2, 0.25) is 5.91 Å². The molecule has 0 aromatic heterocycles. The van der Waals surface area contributed by atoms with Gasteiger partial charge in [0, 0.05) is 18.5 Å². The van der Waals surface area contributed by atoms with Crippen LogP contribution in [0, 0.1) is 0 Å². The van der Waals surface area contributed by atoms with E-state index in [2.05, 4.69) is 5.32 Å². The molecule has 0 atom stereocenters. The Balaban J connectivity index is 1.87. The van der Waals surface area contributed by atoms with Gasteiger partial charge in [-0.05, 0) is 56.2 Å². The summed E-state index contributed by atoms with van der Waals surface area (Å²) in [6, 6.07) is 15.8. The van der Waals surface area contributed by atoms with Crippen LogP contribution in [0.4, 0.5) is 0 Å². The maximum absolute atomic E-state index is 12.9. The number of nitrogens with one attached hydrogen (secondary N) is 1. The highest BCUT2D eigenvalue weighted by Crippen LogP contribution is 2.18.